The Bertz CT molecular complexity index is 1050. The molecule has 10 nitrogen and oxygen atoms in total. The number of ether oxygens (including phenoxy) is 3. The molecule has 0 spiro atoms. The molecule has 168 valence electrons. The quantitative estimate of drug-likeness (QED) is 0.520. The second-order valence-corrected chi connectivity index (χ2v) is 7.68. The number of anilines is 2. The Morgan fingerprint density at radius 1 is 1.25 bits per heavy atom. The Morgan fingerprint density at radius 2 is 1.97 bits per heavy atom. The summed E-state index contributed by atoms with van der Waals surface area (Å²) in [5.74, 6) is -0.0915. The predicted molar refractivity (Wildman–Crippen MR) is 117 cm³/mol. The van der Waals surface area contributed by atoms with E-state index in [0.717, 1.165) is 11.3 Å². The van der Waals surface area contributed by atoms with Crippen LogP contribution in [-0.4, -0.2) is 60.9 Å². The third kappa shape index (κ3) is 4.09. The van der Waals surface area contributed by atoms with Crippen LogP contribution in [0.4, 0.5) is 11.4 Å². The van der Waals surface area contributed by atoms with Gasteiger partial charge in [-0.25, -0.2) is 14.8 Å². The molecule has 1 unspecified atom stereocenters. The smallest absolute Gasteiger partial charge is 0.350 e. The average Bonchev–Trinajstić information content (AvgIpc) is 3.16. The highest BCUT2D eigenvalue weighted by Crippen LogP contribution is 2.42. The Morgan fingerprint density at radius 3 is 2.62 bits per heavy atom. The molecule has 2 aromatic rings. The Kier molecular flexibility index (Phi) is 5.95. The molecule has 4 rings (SSSR count). The summed E-state index contributed by atoms with van der Waals surface area (Å²) in [5, 5.41) is 2.94. The number of hydrogen-bond donors (Lipinski definition) is 2. The Hall–Kier alpha value is -3.66. The van der Waals surface area contributed by atoms with Crippen LogP contribution in [0.1, 0.15) is 18.3 Å². The number of carbonyl (C=O) groups is 2. The minimum atomic E-state index is -1.12. The van der Waals surface area contributed by atoms with Crippen molar-refractivity contribution in [1.29, 1.82) is 0 Å². The van der Waals surface area contributed by atoms with Crippen molar-refractivity contribution in [3.05, 3.63) is 48.2 Å². The summed E-state index contributed by atoms with van der Waals surface area (Å²) in [4.78, 5) is 35.7. The third-order valence-electron chi connectivity index (χ3n) is 5.48. The number of methoxy groups -OCH3 is 1. The molecule has 2 aliphatic heterocycles. The van der Waals surface area contributed by atoms with E-state index in [-0.39, 0.29) is 11.4 Å². The summed E-state index contributed by atoms with van der Waals surface area (Å²) in [5.41, 5.74) is 6.87. The first-order chi connectivity index (χ1) is 15.4. The van der Waals surface area contributed by atoms with Crippen molar-refractivity contribution < 1.29 is 23.8 Å². The highest BCUT2D eigenvalue weighted by molar-refractivity contribution is 6.24. The average molecular weight is 439 g/mol. The topological polar surface area (TPSA) is 129 Å². The van der Waals surface area contributed by atoms with E-state index < -0.39 is 17.5 Å². The molecule has 0 bridgehead atoms. The van der Waals surface area contributed by atoms with Crippen molar-refractivity contribution in [1.82, 2.24) is 9.97 Å². The van der Waals surface area contributed by atoms with Crippen molar-refractivity contribution in [3.63, 3.8) is 0 Å². The Labute approximate surface area is 185 Å². The van der Waals surface area contributed by atoms with E-state index in [4.69, 9.17) is 19.9 Å². The molecule has 1 saturated heterocycles. The fourth-order valence-electron chi connectivity index (χ4n) is 3.86. The largest absolute Gasteiger partial charge is 0.475 e. The molecule has 32 heavy (non-hydrogen) atoms. The van der Waals surface area contributed by atoms with Crippen LogP contribution in [0, 0.1) is 0 Å². The van der Waals surface area contributed by atoms with Crippen LogP contribution in [-0.2, 0) is 25.5 Å². The number of benzene rings is 1. The SMILES string of the molecule is COC(=O)C1(C)Cc2cc(NC(=O)C(=CN)c3ncccn3)c(N3CCOCC3)cc2O1. The van der Waals surface area contributed by atoms with Gasteiger partial charge in [0.25, 0.3) is 5.91 Å². The van der Waals surface area contributed by atoms with Gasteiger partial charge in [-0.15, -0.1) is 0 Å². The van der Waals surface area contributed by atoms with Gasteiger partial charge in [-0.3, -0.25) is 4.79 Å². The summed E-state index contributed by atoms with van der Waals surface area (Å²) in [6, 6.07) is 5.33. The monoisotopic (exact) mass is 439 g/mol. The van der Waals surface area contributed by atoms with Gasteiger partial charge < -0.3 is 30.2 Å². The van der Waals surface area contributed by atoms with Crippen LogP contribution in [0.2, 0.25) is 0 Å². The molecule has 0 saturated carbocycles. The fraction of sp³-hybridized carbons (Fsp3) is 0.364. The predicted octanol–water partition coefficient (Wildman–Crippen LogP) is 1.12. The van der Waals surface area contributed by atoms with Gasteiger partial charge in [0.05, 0.1) is 37.3 Å². The lowest BCUT2D eigenvalue weighted by Crippen LogP contribution is -2.41. The van der Waals surface area contributed by atoms with Crippen LogP contribution in [0.25, 0.3) is 5.57 Å². The molecule has 0 aliphatic carbocycles. The van der Waals surface area contributed by atoms with E-state index in [9.17, 15) is 9.59 Å². The van der Waals surface area contributed by atoms with E-state index in [1.165, 1.54) is 13.3 Å². The van der Waals surface area contributed by atoms with Crippen molar-refractivity contribution >= 4 is 28.8 Å². The minimum Gasteiger partial charge on any atom is -0.475 e. The molecule has 1 aromatic carbocycles. The lowest BCUT2D eigenvalue weighted by Gasteiger charge is -2.31. The number of amides is 1. The van der Waals surface area contributed by atoms with E-state index in [1.54, 1.807) is 25.4 Å². The molecule has 10 heteroatoms. The first-order valence-electron chi connectivity index (χ1n) is 10.2. The number of hydrogen-bond acceptors (Lipinski definition) is 9. The van der Waals surface area contributed by atoms with Gasteiger partial charge in [-0.05, 0) is 19.1 Å². The van der Waals surface area contributed by atoms with Crippen LogP contribution in [0.5, 0.6) is 5.75 Å². The lowest BCUT2D eigenvalue weighted by molar-refractivity contribution is -0.156. The van der Waals surface area contributed by atoms with Crippen molar-refractivity contribution in [2.45, 2.75) is 18.9 Å². The van der Waals surface area contributed by atoms with Crippen LogP contribution in [0.3, 0.4) is 0 Å². The zero-order valence-electron chi connectivity index (χ0n) is 18.0. The van der Waals surface area contributed by atoms with Gasteiger partial charge in [-0.2, -0.15) is 0 Å². The van der Waals surface area contributed by atoms with Crippen molar-refractivity contribution in [2.75, 3.05) is 43.6 Å². The number of aromatic nitrogens is 2. The van der Waals surface area contributed by atoms with E-state index in [2.05, 4.69) is 20.2 Å². The van der Waals surface area contributed by atoms with Crippen LogP contribution in [0.15, 0.2) is 36.8 Å². The van der Waals surface area contributed by atoms with E-state index in [1.807, 2.05) is 12.1 Å². The number of rotatable bonds is 5. The first kappa shape index (κ1) is 21.6. The zero-order chi connectivity index (χ0) is 22.7. The third-order valence-corrected chi connectivity index (χ3v) is 5.48. The number of nitrogens with one attached hydrogen (secondary N) is 1. The van der Waals surface area contributed by atoms with E-state index in [0.29, 0.717) is 44.2 Å². The normalized spacial score (nSPS) is 20.3. The highest BCUT2D eigenvalue weighted by Gasteiger charge is 2.43. The second kappa shape index (κ2) is 8.83. The number of nitrogens with two attached hydrogens (primary N) is 1. The number of esters is 1. The maximum absolute atomic E-state index is 13.1. The maximum atomic E-state index is 13.1. The van der Waals surface area contributed by atoms with Gasteiger partial charge in [0.15, 0.2) is 5.82 Å². The summed E-state index contributed by atoms with van der Waals surface area (Å²) < 4.78 is 16.4. The van der Waals surface area contributed by atoms with Crippen LogP contribution >= 0.6 is 0 Å². The van der Waals surface area contributed by atoms with Gasteiger partial charge in [0, 0.05) is 49.7 Å². The van der Waals surface area contributed by atoms with E-state index >= 15 is 0 Å². The number of nitrogens with zero attached hydrogens (tertiary/aromatic N) is 3. The molecule has 1 aromatic heterocycles. The number of carbonyl (C=O) groups excluding carboxylic acids is 2. The number of morpholine rings is 1. The standard InChI is InChI=1S/C22H25N5O5/c1-22(21(29)30-2)12-14-10-16(17(11-18(14)32-22)27-6-8-31-9-7-27)26-20(28)15(13-23)19-24-4-3-5-25-19/h3-5,10-11,13H,6-9,12,23H2,1-2H3,(H,26,28). The highest BCUT2D eigenvalue weighted by atomic mass is 16.6. The fourth-order valence-corrected chi connectivity index (χ4v) is 3.86. The molecular formula is C22H25N5O5. The molecule has 1 fully saturated rings. The first-order valence-corrected chi connectivity index (χ1v) is 10.2. The van der Waals surface area contributed by atoms with Crippen molar-refractivity contribution in [3.8, 4) is 5.75 Å². The zero-order valence-corrected chi connectivity index (χ0v) is 18.0. The molecule has 0 radical (unpaired) electrons. The molecule has 2 aliphatic rings. The van der Waals surface area contributed by atoms with Gasteiger partial charge in [0.1, 0.15) is 5.75 Å². The summed E-state index contributed by atoms with van der Waals surface area (Å²) in [7, 11) is 1.33. The summed E-state index contributed by atoms with van der Waals surface area (Å²) in [6.07, 6.45) is 4.59. The van der Waals surface area contributed by atoms with Gasteiger partial charge >= 0.3 is 5.97 Å². The van der Waals surface area contributed by atoms with Gasteiger partial charge in [0.2, 0.25) is 5.60 Å². The molecule has 1 amide bonds. The van der Waals surface area contributed by atoms with Gasteiger partial charge in [-0.1, -0.05) is 0 Å². The van der Waals surface area contributed by atoms with Crippen LogP contribution < -0.4 is 20.7 Å². The maximum Gasteiger partial charge on any atom is 0.350 e. The van der Waals surface area contributed by atoms with Crippen molar-refractivity contribution in [2.24, 2.45) is 5.73 Å². The molecule has 3 heterocycles. The summed E-state index contributed by atoms with van der Waals surface area (Å²) in [6.45, 7) is 4.12. The molecule has 3 N–H and O–H groups in total. The molecule has 1 atom stereocenters. The Balaban J connectivity index is 1.69. The second-order valence-electron chi connectivity index (χ2n) is 7.68. The number of fused-ring (bicyclic) bond motifs is 1. The minimum absolute atomic E-state index is 0.148. The summed E-state index contributed by atoms with van der Waals surface area (Å²) >= 11 is 0. The lowest BCUT2D eigenvalue weighted by atomic mass is 9.98. The molecular weight excluding hydrogens is 414 g/mol.